The van der Waals surface area contributed by atoms with Gasteiger partial charge in [-0.25, -0.2) is 0 Å². The van der Waals surface area contributed by atoms with Crippen molar-refractivity contribution in [3.8, 4) is 11.5 Å². The molecular formula is C18H25ClN4O2. The number of halogens is 1. The van der Waals surface area contributed by atoms with E-state index >= 15 is 0 Å². The first-order valence-electron chi connectivity index (χ1n) is 7.92. The molecule has 25 heavy (non-hydrogen) atoms. The highest BCUT2D eigenvalue weighted by molar-refractivity contribution is 6.30. The first-order valence-corrected chi connectivity index (χ1v) is 8.29. The second-order valence-corrected chi connectivity index (χ2v) is 6.13. The molecule has 1 heterocycles. The smallest absolute Gasteiger partial charge is 0.194 e. The fourth-order valence-electron chi connectivity index (χ4n) is 2.60. The Morgan fingerprint density at radius 1 is 1.28 bits per heavy atom. The van der Waals surface area contributed by atoms with Crippen LogP contribution in [0.1, 0.15) is 11.3 Å². The number of rotatable bonds is 6. The van der Waals surface area contributed by atoms with Gasteiger partial charge in [-0.2, -0.15) is 0 Å². The van der Waals surface area contributed by atoms with Crippen LogP contribution in [0.3, 0.4) is 0 Å². The minimum Gasteiger partial charge on any atom is -0.497 e. The molecule has 1 aromatic carbocycles. The topological polar surface area (TPSA) is 51.0 Å². The first kappa shape index (κ1) is 19.0. The van der Waals surface area contributed by atoms with Gasteiger partial charge in [0.15, 0.2) is 5.96 Å². The highest BCUT2D eigenvalue weighted by Crippen LogP contribution is 2.24. The van der Waals surface area contributed by atoms with Gasteiger partial charge in [0.2, 0.25) is 0 Å². The Morgan fingerprint density at radius 2 is 2.04 bits per heavy atom. The Hall–Kier alpha value is -2.34. The maximum Gasteiger partial charge on any atom is 0.194 e. The number of nitrogens with one attached hydrogen (secondary N) is 1. The van der Waals surface area contributed by atoms with Gasteiger partial charge in [-0.3, -0.25) is 4.99 Å². The van der Waals surface area contributed by atoms with Crippen molar-refractivity contribution in [3.63, 3.8) is 0 Å². The van der Waals surface area contributed by atoms with Crippen LogP contribution in [0, 0.1) is 0 Å². The molecule has 6 nitrogen and oxygen atoms in total. The quantitative estimate of drug-likeness (QED) is 0.632. The Kier molecular flexibility index (Phi) is 6.58. The van der Waals surface area contributed by atoms with Gasteiger partial charge in [-0.1, -0.05) is 11.6 Å². The van der Waals surface area contributed by atoms with Crippen LogP contribution in [0.2, 0.25) is 5.02 Å². The zero-order valence-corrected chi connectivity index (χ0v) is 16.1. The lowest BCUT2D eigenvalue weighted by atomic mass is 10.2. The molecule has 1 aromatic heterocycles. The average Bonchev–Trinajstić information content (AvgIpc) is 2.92. The highest BCUT2D eigenvalue weighted by atomic mass is 35.5. The third kappa shape index (κ3) is 4.82. The van der Waals surface area contributed by atoms with Crippen LogP contribution in [-0.4, -0.2) is 43.7 Å². The predicted octanol–water partition coefficient (Wildman–Crippen LogP) is 2.90. The molecule has 0 saturated heterocycles. The fourth-order valence-corrected chi connectivity index (χ4v) is 2.87. The van der Waals surface area contributed by atoms with Crippen molar-refractivity contribution in [1.82, 2.24) is 14.8 Å². The second kappa shape index (κ2) is 8.67. The second-order valence-electron chi connectivity index (χ2n) is 5.70. The Bertz CT molecular complexity index is 743. The maximum atomic E-state index is 6.05. The van der Waals surface area contributed by atoms with E-state index in [1.807, 2.05) is 54.0 Å². The van der Waals surface area contributed by atoms with E-state index in [4.69, 9.17) is 21.1 Å². The van der Waals surface area contributed by atoms with Gasteiger partial charge in [0.25, 0.3) is 0 Å². The van der Waals surface area contributed by atoms with E-state index in [1.54, 1.807) is 21.3 Å². The van der Waals surface area contributed by atoms with Gasteiger partial charge < -0.3 is 24.3 Å². The van der Waals surface area contributed by atoms with E-state index in [-0.39, 0.29) is 0 Å². The molecule has 0 saturated carbocycles. The lowest BCUT2D eigenvalue weighted by molar-refractivity contribution is 0.390. The summed E-state index contributed by atoms with van der Waals surface area (Å²) >= 11 is 6.05. The van der Waals surface area contributed by atoms with Crippen molar-refractivity contribution in [1.29, 1.82) is 0 Å². The number of aromatic nitrogens is 1. The van der Waals surface area contributed by atoms with Crippen LogP contribution < -0.4 is 14.8 Å². The Morgan fingerprint density at radius 3 is 2.60 bits per heavy atom. The number of methoxy groups -OCH3 is 2. The normalized spacial score (nSPS) is 11.4. The average molecular weight is 365 g/mol. The molecule has 1 N–H and O–H groups in total. The molecule has 2 aromatic rings. The van der Waals surface area contributed by atoms with Gasteiger partial charge >= 0.3 is 0 Å². The highest BCUT2D eigenvalue weighted by Gasteiger charge is 2.11. The van der Waals surface area contributed by atoms with Crippen molar-refractivity contribution >= 4 is 17.6 Å². The SMILES string of the molecule is CN=C(NCc1ccc(OC)cc1OC)N(C)Cc1cc(Cl)cn1C. The Balaban J connectivity index is 2.03. The van der Waals surface area contributed by atoms with Crippen LogP contribution in [0.5, 0.6) is 11.5 Å². The fraction of sp³-hybridized carbons (Fsp3) is 0.389. The van der Waals surface area contributed by atoms with Crippen LogP contribution in [0.15, 0.2) is 35.5 Å². The third-order valence-electron chi connectivity index (χ3n) is 3.98. The number of aryl methyl sites for hydroxylation is 1. The largest absolute Gasteiger partial charge is 0.497 e. The first-order chi connectivity index (χ1) is 12.0. The standard InChI is InChI=1S/C18H25ClN4O2/c1-20-18(23(3)12-15-8-14(19)11-22(15)2)21-10-13-6-7-16(24-4)9-17(13)25-5/h6-9,11H,10,12H2,1-5H3,(H,20,21). The summed E-state index contributed by atoms with van der Waals surface area (Å²) in [5, 5.41) is 4.09. The monoisotopic (exact) mass is 364 g/mol. The zero-order valence-electron chi connectivity index (χ0n) is 15.3. The summed E-state index contributed by atoms with van der Waals surface area (Å²) in [6, 6.07) is 7.72. The number of hydrogen-bond donors (Lipinski definition) is 1. The lowest BCUT2D eigenvalue weighted by Gasteiger charge is -2.23. The molecule has 7 heteroatoms. The molecule has 0 aliphatic heterocycles. The maximum absolute atomic E-state index is 6.05. The number of aliphatic imine (C=N–C) groups is 1. The molecule has 0 aliphatic rings. The van der Waals surface area contributed by atoms with Crippen LogP contribution in [0.4, 0.5) is 0 Å². The summed E-state index contributed by atoms with van der Waals surface area (Å²) in [6.07, 6.45) is 1.89. The van der Waals surface area contributed by atoms with E-state index in [1.165, 1.54) is 0 Å². The van der Waals surface area contributed by atoms with Crippen molar-refractivity contribution < 1.29 is 9.47 Å². The molecule has 0 atom stereocenters. The van der Waals surface area contributed by atoms with Gasteiger partial charge in [0.1, 0.15) is 11.5 Å². The summed E-state index contributed by atoms with van der Waals surface area (Å²) in [4.78, 5) is 6.39. The number of nitrogens with zero attached hydrogens (tertiary/aromatic N) is 3. The lowest BCUT2D eigenvalue weighted by Crippen LogP contribution is -2.38. The minimum absolute atomic E-state index is 0.595. The summed E-state index contributed by atoms with van der Waals surface area (Å²) in [5.41, 5.74) is 2.14. The minimum atomic E-state index is 0.595. The molecule has 136 valence electrons. The summed E-state index contributed by atoms with van der Waals surface area (Å²) < 4.78 is 12.7. The molecule has 0 fully saturated rings. The summed E-state index contributed by atoms with van der Waals surface area (Å²) in [5.74, 6) is 2.33. The van der Waals surface area contributed by atoms with E-state index in [0.29, 0.717) is 13.1 Å². The molecule has 0 unspecified atom stereocenters. The Labute approximate surface area is 154 Å². The van der Waals surface area contributed by atoms with Crippen molar-refractivity contribution in [2.75, 3.05) is 28.3 Å². The molecule has 2 rings (SSSR count). The zero-order chi connectivity index (χ0) is 18.4. The van der Waals surface area contributed by atoms with Gasteiger partial charge in [-0.05, 0) is 18.2 Å². The molecule has 0 amide bonds. The summed E-state index contributed by atoms with van der Waals surface area (Å²) in [7, 11) is 9.02. The van der Waals surface area contributed by atoms with Gasteiger partial charge in [-0.15, -0.1) is 0 Å². The molecule has 0 spiro atoms. The summed E-state index contributed by atoms with van der Waals surface area (Å²) in [6.45, 7) is 1.29. The third-order valence-corrected chi connectivity index (χ3v) is 4.18. The molecule has 0 radical (unpaired) electrons. The number of benzene rings is 1. The van der Waals surface area contributed by atoms with Crippen molar-refractivity contribution in [3.05, 3.63) is 46.7 Å². The number of hydrogen-bond acceptors (Lipinski definition) is 3. The van der Waals surface area contributed by atoms with E-state index in [0.717, 1.165) is 33.7 Å². The molecule has 0 aliphatic carbocycles. The van der Waals surface area contributed by atoms with Crippen LogP contribution in [-0.2, 0) is 20.1 Å². The number of guanidine groups is 1. The molecule has 0 bridgehead atoms. The predicted molar refractivity (Wildman–Crippen MR) is 102 cm³/mol. The van der Waals surface area contributed by atoms with Crippen molar-refractivity contribution in [2.45, 2.75) is 13.1 Å². The van der Waals surface area contributed by atoms with E-state index in [2.05, 4.69) is 10.3 Å². The number of ether oxygens (including phenoxy) is 2. The van der Waals surface area contributed by atoms with E-state index in [9.17, 15) is 0 Å². The van der Waals surface area contributed by atoms with Crippen LogP contribution >= 0.6 is 11.6 Å². The van der Waals surface area contributed by atoms with Gasteiger partial charge in [0.05, 0.1) is 25.8 Å². The van der Waals surface area contributed by atoms with E-state index < -0.39 is 0 Å². The van der Waals surface area contributed by atoms with Crippen LogP contribution in [0.25, 0.3) is 0 Å². The van der Waals surface area contributed by atoms with Crippen molar-refractivity contribution in [2.24, 2.45) is 12.0 Å². The van der Waals surface area contributed by atoms with Gasteiger partial charge in [0, 0.05) is 51.2 Å². The molecular weight excluding hydrogens is 340 g/mol.